The number of fused-ring (bicyclic) bond motifs is 1. The summed E-state index contributed by atoms with van der Waals surface area (Å²) in [4.78, 5) is 23.0. The lowest BCUT2D eigenvalue weighted by Gasteiger charge is -2.18. The number of hydrogen-bond donors (Lipinski definition) is 0. The predicted octanol–water partition coefficient (Wildman–Crippen LogP) is 2.72. The van der Waals surface area contributed by atoms with Crippen molar-refractivity contribution in [3.05, 3.63) is 23.8 Å². The zero-order valence-corrected chi connectivity index (χ0v) is 11.5. The number of esters is 2. The molecule has 1 heterocycles. The fraction of sp³-hybridized carbons (Fsp3) is 0.333. The summed E-state index contributed by atoms with van der Waals surface area (Å²) in [5.41, 5.74) is 0.784. The third-order valence-electron chi connectivity index (χ3n) is 2.74. The van der Waals surface area contributed by atoms with Crippen molar-refractivity contribution in [3.63, 3.8) is 0 Å². The molecule has 2 rings (SSSR count). The summed E-state index contributed by atoms with van der Waals surface area (Å²) >= 11 is 0. The number of carbonyl (C=O) groups is 2. The molecule has 5 heteroatoms. The van der Waals surface area contributed by atoms with Crippen LogP contribution in [0, 0.1) is 0 Å². The molecule has 0 atom stereocenters. The Kier molecular flexibility index (Phi) is 4.40. The van der Waals surface area contributed by atoms with Crippen molar-refractivity contribution in [2.75, 3.05) is 6.61 Å². The van der Waals surface area contributed by atoms with Crippen LogP contribution in [0.3, 0.4) is 0 Å². The van der Waals surface area contributed by atoms with Crippen LogP contribution >= 0.6 is 0 Å². The van der Waals surface area contributed by atoms with Gasteiger partial charge in [-0.25, -0.2) is 0 Å². The minimum absolute atomic E-state index is 0.167. The van der Waals surface area contributed by atoms with Crippen LogP contribution in [0.4, 0.5) is 0 Å². The van der Waals surface area contributed by atoms with E-state index in [0.717, 1.165) is 5.56 Å². The van der Waals surface area contributed by atoms with Crippen LogP contribution in [0.1, 0.15) is 32.3 Å². The van der Waals surface area contributed by atoms with E-state index in [1.165, 1.54) is 0 Å². The van der Waals surface area contributed by atoms with Crippen LogP contribution in [0.25, 0.3) is 6.08 Å². The molecule has 1 aromatic carbocycles. The molecule has 0 saturated heterocycles. The van der Waals surface area contributed by atoms with Gasteiger partial charge in [0.1, 0.15) is 6.61 Å². The van der Waals surface area contributed by atoms with E-state index < -0.39 is 11.9 Å². The standard InChI is InChI=1S/C15H16O5/c1-3-12(16)19-11-8-7-10-6-5-9-18-14(10)15(11)20-13(17)4-2/h5-8H,3-4,9H2,1-2H3. The molecule has 1 aromatic rings. The molecule has 0 amide bonds. The quantitative estimate of drug-likeness (QED) is 0.625. The van der Waals surface area contributed by atoms with Gasteiger partial charge in [0, 0.05) is 18.4 Å². The first-order valence-electron chi connectivity index (χ1n) is 6.53. The van der Waals surface area contributed by atoms with E-state index in [4.69, 9.17) is 14.2 Å². The first-order chi connectivity index (χ1) is 9.65. The van der Waals surface area contributed by atoms with Crippen molar-refractivity contribution in [2.24, 2.45) is 0 Å². The maximum absolute atomic E-state index is 11.5. The normalized spacial score (nSPS) is 12.3. The highest BCUT2D eigenvalue weighted by atomic mass is 16.6. The second kappa shape index (κ2) is 6.23. The molecule has 106 valence electrons. The SMILES string of the molecule is CCC(=O)Oc1ccc2c(c1OC(=O)CC)OCC=C2. The molecule has 0 unspecified atom stereocenters. The van der Waals surface area contributed by atoms with Gasteiger partial charge in [-0.1, -0.05) is 19.9 Å². The van der Waals surface area contributed by atoms with Crippen LogP contribution in [0.5, 0.6) is 17.2 Å². The molecule has 0 radical (unpaired) electrons. The third kappa shape index (κ3) is 2.99. The lowest BCUT2D eigenvalue weighted by molar-refractivity contribution is -0.136. The molecule has 0 fully saturated rings. The summed E-state index contributed by atoms with van der Waals surface area (Å²) in [6.07, 6.45) is 4.18. The molecule has 0 spiro atoms. The molecule has 0 saturated carbocycles. The molecule has 0 bridgehead atoms. The van der Waals surface area contributed by atoms with E-state index >= 15 is 0 Å². The highest BCUT2D eigenvalue weighted by Gasteiger charge is 2.21. The summed E-state index contributed by atoms with van der Waals surface area (Å²) in [7, 11) is 0. The predicted molar refractivity (Wildman–Crippen MR) is 72.8 cm³/mol. The van der Waals surface area contributed by atoms with Gasteiger partial charge >= 0.3 is 11.9 Å². The minimum Gasteiger partial charge on any atom is -0.485 e. The monoisotopic (exact) mass is 276 g/mol. The van der Waals surface area contributed by atoms with Crippen LogP contribution in [0.2, 0.25) is 0 Å². The summed E-state index contributed by atoms with van der Waals surface area (Å²) in [5, 5.41) is 0. The van der Waals surface area contributed by atoms with Gasteiger partial charge in [0.2, 0.25) is 5.75 Å². The fourth-order valence-electron chi connectivity index (χ4n) is 1.70. The van der Waals surface area contributed by atoms with Gasteiger partial charge in [-0.3, -0.25) is 9.59 Å². The van der Waals surface area contributed by atoms with Crippen LogP contribution < -0.4 is 14.2 Å². The Morgan fingerprint density at radius 1 is 1.15 bits per heavy atom. The summed E-state index contributed by atoms with van der Waals surface area (Å²) in [6.45, 7) is 3.77. The molecular weight excluding hydrogens is 260 g/mol. The van der Waals surface area contributed by atoms with E-state index in [0.29, 0.717) is 12.4 Å². The van der Waals surface area contributed by atoms with Gasteiger partial charge in [0.05, 0.1) is 0 Å². The van der Waals surface area contributed by atoms with Crippen molar-refractivity contribution in [2.45, 2.75) is 26.7 Å². The minimum atomic E-state index is -0.412. The Labute approximate surface area is 117 Å². The lowest BCUT2D eigenvalue weighted by atomic mass is 10.1. The van der Waals surface area contributed by atoms with Crippen LogP contribution in [0.15, 0.2) is 18.2 Å². The van der Waals surface area contributed by atoms with Crippen LogP contribution in [-0.2, 0) is 9.59 Å². The largest absolute Gasteiger partial charge is 0.485 e. The summed E-state index contributed by atoms with van der Waals surface area (Å²) in [6, 6.07) is 3.36. The maximum Gasteiger partial charge on any atom is 0.311 e. The van der Waals surface area contributed by atoms with Gasteiger partial charge in [0.25, 0.3) is 0 Å². The Balaban J connectivity index is 2.42. The van der Waals surface area contributed by atoms with Gasteiger partial charge in [-0.05, 0) is 18.2 Å². The number of ether oxygens (including phenoxy) is 3. The molecule has 5 nitrogen and oxygen atoms in total. The summed E-state index contributed by atoms with van der Waals surface area (Å²) in [5.74, 6) is -0.0145. The molecule has 1 aliphatic rings. The highest BCUT2D eigenvalue weighted by molar-refractivity contribution is 5.79. The average molecular weight is 276 g/mol. The van der Waals surface area contributed by atoms with E-state index in [-0.39, 0.29) is 24.3 Å². The smallest absolute Gasteiger partial charge is 0.311 e. The van der Waals surface area contributed by atoms with Crippen molar-refractivity contribution < 1.29 is 23.8 Å². The Bertz CT molecular complexity index is 560. The number of rotatable bonds is 4. The first kappa shape index (κ1) is 14.1. The first-order valence-corrected chi connectivity index (χ1v) is 6.53. The third-order valence-corrected chi connectivity index (χ3v) is 2.74. The Morgan fingerprint density at radius 3 is 2.55 bits per heavy atom. The second-order valence-corrected chi connectivity index (χ2v) is 4.18. The number of hydrogen-bond acceptors (Lipinski definition) is 5. The van der Waals surface area contributed by atoms with E-state index in [1.54, 1.807) is 26.0 Å². The Hall–Kier alpha value is -2.30. The average Bonchev–Trinajstić information content (AvgIpc) is 2.49. The second-order valence-electron chi connectivity index (χ2n) is 4.18. The molecule has 0 N–H and O–H groups in total. The van der Waals surface area contributed by atoms with Gasteiger partial charge < -0.3 is 14.2 Å². The van der Waals surface area contributed by atoms with Crippen molar-refractivity contribution in [1.29, 1.82) is 0 Å². The topological polar surface area (TPSA) is 61.8 Å². The number of benzene rings is 1. The van der Waals surface area contributed by atoms with Crippen molar-refractivity contribution in [3.8, 4) is 17.2 Å². The molecule has 20 heavy (non-hydrogen) atoms. The zero-order valence-electron chi connectivity index (χ0n) is 11.5. The molecule has 0 aromatic heterocycles. The van der Waals surface area contributed by atoms with Crippen molar-refractivity contribution in [1.82, 2.24) is 0 Å². The van der Waals surface area contributed by atoms with Gasteiger partial charge in [-0.2, -0.15) is 0 Å². The Morgan fingerprint density at radius 2 is 1.85 bits per heavy atom. The molecule has 0 aliphatic carbocycles. The van der Waals surface area contributed by atoms with E-state index in [1.807, 2.05) is 12.2 Å². The lowest BCUT2D eigenvalue weighted by Crippen LogP contribution is -2.13. The summed E-state index contributed by atoms with van der Waals surface area (Å²) < 4.78 is 15.9. The fourth-order valence-corrected chi connectivity index (χ4v) is 1.70. The number of carbonyl (C=O) groups excluding carboxylic acids is 2. The molecule has 1 aliphatic heterocycles. The van der Waals surface area contributed by atoms with Gasteiger partial charge in [-0.15, -0.1) is 0 Å². The van der Waals surface area contributed by atoms with E-state index in [9.17, 15) is 9.59 Å². The maximum atomic E-state index is 11.5. The zero-order chi connectivity index (χ0) is 14.5. The van der Waals surface area contributed by atoms with Crippen LogP contribution in [-0.4, -0.2) is 18.5 Å². The highest BCUT2D eigenvalue weighted by Crippen LogP contribution is 2.42. The molecular formula is C15H16O5. The van der Waals surface area contributed by atoms with Crippen molar-refractivity contribution >= 4 is 18.0 Å². The van der Waals surface area contributed by atoms with E-state index in [2.05, 4.69) is 0 Å². The van der Waals surface area contributed by atoms with Gasteiger partial charge in [0.15, 0.2) is 11.5 Å².